The number of aromatic nitrogens is 4. The molecular formula is C17H19N5O. The summed E-state index contributed by atoms with van der Waals surface area (Å²) in [6.45, 7) is 6.94. The summed E-state index contributed by atoms with van der Waals surface area (Å²) in [4.78, 5) is 4.55. The SMILES string of the molecule is CC(C)c1ccc(-c2noc(-c3cnn4c3CNCC4)n2)cc1. The van der Waals surface area contributed by atoms with Gasteiger partial charge in [0.15, 0.2) is 0 Å². The van der Waals surface area contributed by atoms with E-state index in [0.717, 1.165) is 36.5 Å². The van der Waals surface area contributed by atoms with E-state index in [1.54, 1.807) is 0 Å². The lowest BCUT2D eigenvalue weighted by atomic mass is 10.0. The van der Waals surface area contributed by atoms with Crippen molar-refractivity contribution in [1.82, 2.24) is 25.2 Å². The molecule has 3 heterocycles. The van der Waals surface area contributed by atoms with E-state index in [-0.39, 0.29) is 0 Å². The molecule has 0 radical (unpaired) electrons. The van der Waals surface area contributed by atoms with Gasteiger partial charge in [0.05, 0.1) is 24.0 Å². The molecule has 0 atom stereocenters. The van der Waals surface area contributed by atoms with Crippen LogP contribution in [0.5, 0.6) is 0 Å². The second-order valence-electron chi connectivity index (χ2n) is 6.10. The van der Waals surface area contributed by atoms with Crippen molar-refractivity contribution in [3.63, 3.8) is 0 Å². The van der Waals surface area contributed by atoms with Gasteiger partial charge in [-0.05, 0) is 11.5 Å². The van der Waals surface area contributed by atoms with Crippen molar-refractivity contribution in [3.8, 4) is 22.8 Å². The molecule has 23 heavy (non-hydrogen) atoms. The highest BCUT2D eigenvalue weighted by molar-refractivity contribution is 5.61. The molecule has 6 heteroatoms. The second kappa shape index (κ2) is 5.62. The van der Waals surface area contributed by atoms with Gasteiger partial charge < -0.3 is 9.84 Å². The first kappa shape index (κ1) is 14.1. The van der Waals surface area contributed by atoms with Gasteiger partial charge in [0.25, 0.3) is 5.89 Å². The van der Waals surface area contributed by atoms with Gasteiger partial charge in [0, 0.05) is 18.7 Å². The van der Waals surface area contributed by atoms with Crippen LogP contribution in [0.3, 0.4) is 0 Å². The Morgan fingerprint density at radius 1 is 1.22 bits per heavy atom. The topological polar surface area (TPSA) is 68.8 Å². The van der Waals surface area contributed by atoms with Crippen LogP contribution in [-0.2, 0) is 13.1 Å². The fourth-order valence-corrected chi connectivity index (χ4v) is 2.83. The van der Waals surface area contributed by atoms with E-state index in [4.69, 9.17) is 4.52 Å². The summed E-state index contributed by atoms with van der Waals surface area (Å²) < 4.78 is 7.46. The fraction of sp³-hybridized carbons (Fsp3) is 0.353. The lowest BCUT2D eigenvalue weighted by Gasteiger charge is -2.15. The van der Waals surface area contributed by atoms with Gasteiger partial charge in [-0.1, -0.05) is 43.3 Å². The van der Waals surface area contributed by atoms with Crippen molar-refractivity contribution in [2.45, 2.75) is 32.9 Å². The smallest absolute Gasteiger partial charge is 0.261 e. The number of benzene rings is 1. The van der Waals surface area contributed by atoms with E-state index in [1.165, 1.54) is 5.56 Å². The molecule has 2 aromatic heterocycles. The zero-order valence-corrected chi connectivity index (χ0v) is 13.3. The van der Waals surface area contributed by atoms with Crippen molar-refractivity contribution in [2.75, 3.05) is 6.54 Å². The van der Waals surface area contributed by atoms with Gasteiger partial charge in [-0.15, -0.1) is 0 Å². The monoisotopic (exact) mass is 309 g/mol. The van der Waals surface area contributed by atoms with Gasteiger partial charge in [0.1, 0.15) is 0 Å². The first-order valence-electron chi connectivity index (χ1n) is 7.92. The Morgan fingerprint density at radius 3 is 2.83 bits per heavy atom. The van der Waals surface area contributed by atoms with Gasteiger partial charge in [-0.3, -0.25) is 4.68 Å². The summed E-state index contributed by atoms with van der Waals surface area (Å²) in [5.74, 6) is 1.65. The molecule has 0 saturated heterocycles. The van der Waals surface area contributed by atoms with Crippen LogP contribution in [0.2, 0.25) is 0 Å². The van der Waals surface area contributed by atoms with E-state index in [9.17, 15) is 0 Å². The summed E-state index contributed by atoms with van der Waals surface area (Å²) in [6.07, 6.45) is 1.81. The summed E-state index contributed by atoms with van der Waals surface area (Å²) >= 11 is 0. The molecule has 0 bridgehead atoms. The molecule has 6 nitrogen and oxygen atoms in total. The molecule has 0 fully saturated rings. The summed E-state index contributed by atoms with van der Waals surface area (Å²) in [5.41, 5.74) is 4.27. The minimum absolute atomic E-state index is 0.510. The first-order chi connectivity index (χ1) is 11.2. The molecule has 1 N–H and O–H groups in total. The van der Waals surface area contributed by atoms with Crippen LogP contribution in [0.1, 0.15) is 31.0 Å². The lowest BCUT2D eigenvalue weighted by Crippen LogP contribution is -2.28. The van der Waals surface area contributed by atoms with E-state index in [2.05, 4.69) is 46.5 Å². The number of fused-ring (bicyclic) bond motifs is 1. The van der Waals surface area contributed by atoms with Crippen LogP contribution in [0.25, 0.3) is 22.8 Å². The minimum Gasteiger partial charge on any atom is -0.333 e. The lowest BCUT2D eigenvalue weighted by molar-refractivity contribution is 0.430. The van der Waals surface area contributed by atoms with Crippen LogP contribution < -0.4 is 5.32 Å². The van der Waals surface area contributed by atoms with Gasteiger partial charge in [-0.25, -0.2) is 0 Å². The molecule has 4 rings (SSSR count). The summed E-state index contributed by atoms with van der Waals surface area (Å²) in [5, 5.41) is 11.9. The highest BCUT2D eigenvalue weighted by atomic mass is 16.5. The molecule has 0 amide bonds. The summed E-state index contributed by atoms with van der Waals surface area (Å²) in [6, 6.07) is 8.31. The van der Waals surface area contributed by atoms with Gasteiger partial charge >= 0.3 is 0 Å². The van der Waals surface area contributed by atoms with Crippen LogP contribution in [0.15, 0.2) is 35.0 Å². The Bertz CT molecular complexity index is 816. The quantitative estimate of drug-likeness (QED) is 0.805. The van der Waals surface area contributed by atoms with E-state index in [0.29, 0.717) is 17.6 Å². The normalized spacial score (nSPS) is 14.2. The van der Waals surface area contributed by atoms with E-state index < -0.39 is 0 Å². The standard InChI is InChI=1S/C17H19N5O/c1-11(2)12-3-5-13(6-4-12)16-20-17(23-21-16)14-9-19-22-8-7-18-10-15(14)22/h3-6,9,11,18H,7-8,10H2,1-2H3. The minimum atomic E-state index is 0.510. The van der Waals surface area contributed by atoms with Crippen LogP contribution >= 0.6 is 0 Å². The number of nitrogens with zero attached hydrogens (tertiary/aromatic N) is 4. The largest absolute Gasteiger partial charge is 0.333 e. The predicted octanol–water partition coefficient (Wildman–Crippen LogP) is 2.83. The Labute approximate surface area is 134 Å². The number of hydrogen-bond donors (Lipinski definition) is 1. The average Bonchev–Trinajstić information content (AvgIpc) is 3.21. The molecule has 1 aliphatic rings. The third kappa shape index (κ3) is 2.55. The highest BCUT2D eigenvalue weighted by Gasteiger charge is 2.20. The van der Waals surface area contributed by atoms with Crippen molar-refractivity contribution in [2.24, 2.45) is 0 Å². The van der Waals surface area contributed by atoms with E-state index >= 15 is 0 Å². The van der Waals surface area contributed by atoms with Crippen molar-refractivity contribution in [3.05, 3.63) is 41.7 Å². The third-order valence-corrected chi connectivity index (χ3v) is 4.23. The Hall–Kier alpha value is -2.47. The predicted molar refractivity (Wildman–Crippen MR) is 86.8 cm³/mol. The number of hydrogen-bond acceptors (Lipinski definition) is 5. The maximum Gasteiger partial charge on any atom is 0.261 e. The molecule has 0 spiro atoms. The fourth-order valence-electron chi connectivity index (χ4n) is 2.83. The molecule has 3 aromatic rings. The maximum atomic E-state index is 5.47. The Kier molecular flexibility index (Phi) is 3.46. The summed E-state index contributed by atoms with van der Waals surface area (Å²) in [7, 11) is 0. The zero-order valence-electron chi connectivity index (χ0n) is 13.3. The van der Waals surface area contributed by atoms with Crippen molar-refractivity contribution in [1.29, 1.82) is 0 Å². The highest BCUT2D eigenvalue weighted by Crippen LogP contribution is 2.26. The molecule has 118 valence electrons. The number of rotatable bonds is 3. The average molecular weight is 309 g/mol. The molecule has 0 aliphatic carbocycles. The van der Waals surface area contributed by atoms with E-state index in [1.807, 2.05) is 23.0 Å². The van der Waals surface area contributed by atoms with Gasteiger partial charge in [0.2, 0.25) is 5.82 Å². The van der Waals surface area contributed by atoms with Crippen molar-refractivity contribution >= 4 is 0 Å². The molecule has 1 aromatic carbocycles. The molecule has 0 unspecified atom stereocenters. The maximum absolute atomic E-state index is 5.47. The van der Waals surface area contributed by atoms with Crippen LogP contribution in [0, 0.1) is 0 Å². The molecule has 1 aliphatic heterocycles. The molecule has 0 saturated carbocycles. The zero-order chi connectivity index (χ0) is 15.8. The second-order valence-corrected chi connectivity index (χ2v) is 6.10. The van der Waals surface area contributed by atoms with Gasteiger partial charge in [-0.2, -0.15) is 10.1 Å². The van der Waals surface area contributed by atoms with Crippen molar-refractivity contribution < 1.29 is 4.52 Å². The molecular weight excluding hydrogens is 290 g/mol. The Balaban J connectivity index is 1.65. The third-order valence-electron chi connectivity index (χ3n) is 4.23. The van der Waals surface area contributed by atoms with Crippen LogP contribution in [0.4, 0.5) is 0 Å². The Morgan fingerprint density at radius 2 is 2.04 bits per heavy atom. The number of nitrogens with one attached hydrogen (secondary N) is 1. The first-order valence-corrected chi connectivity index (χ1v) is 7.92. The van der Waals surface area contributed by atoms with Crippen LogP contribution in [-0.4, -0.2) is 26.5 Å².